The van der Waals surface area contributed by atoms with Crippen molar-refractivity contribution in [1.29, 1.82) is 0 Å². The molecule has 0 aliphatic heterocycles. The van der Waals surface area contributed by atoms with Crippen LogP contribution in [0.2, 0.25) is 0 Å². The molecule has 21 heavy (non-hydrogen) atoms. The monoisotopic (exact) mass is 292 g/mol. The average molecular weight is 292 g/mol. The summed E-state index contributed by atoms with van der Waals surface area (Å²) < 4.78 is 4.98. The predicted molar refractivity (Wildman–Crippen MR) is 86.1 cm³/mol. The van der Waals surface area contributed by atoms with Gasteiger partial charge in [0.15, 0.2) is 0 Å². The third kappa shape index (κ3) is 5.86. The Labute approximate surface area is 128 Å². The molecule has 1 aromatic carbocycles. The van der Waals surface area contributed by atoms with Crippen molar-refractivity contribution in [3.05, 3.63) is 35.4 Å². The van der Waals surface area contributed by atoms with Gasteiger partial charge in [-0.1, -0.05) is 38.1 Å². The summed E-state index contributed by atoms with van der Waals surface area (Å²) in [6.07, 6.45) is 1.46. The van der Waals surface area contributed by atoms with E-state index in [1.165, 1.54) is 5.56 Å². The molecule has 2 N–H and O–H groups in total. The van der Waals surface area contributed by atoms with E-state index in [4.69, 9.17) is 10.5 Å². The molecule has 0 heterocycles. The van der Waals surface area contributed by atoms with E-state index in [1.807, 2.05) is 0 Å². The van der Waals surface area contributed by atoms with Gasteiger partial charge in [-0.3, -0.25) is 4.79 Å². The Bertz CT molecular complexity index is 429. The predicted octanol–water partition coefficient (Wildman–Crippen LogP) is 2.52. The number of hydrogen-bond acceptors (Lipinski definition) is 3. The Morgan fingerprint density at radius 2 is 1.90 bits per heavy atom. The van der Waals surface area contributed by atoms with Gasteiger partial charge in [-0.15, -0.1) is 0 Å². The number of likely N-dealkylation sites (N-methyl/N-ethyl adjacent to an activating group) is 1. The maximum absolute atomic E-state index is 12.2. The van der Waals surface area contributed by atoms with Crippen LogP contribution in [0, 0.1) is 0 Å². The molecular formula is C17H28N2O2. The highest BCUT2D eigenvalue weighted by molar-refractivity contribution is 5.81. The van der Waals surface area contributed by atoms with E-state index < -0.39 is 6.04 Å². The van der Waals surface area contributed by atoms with Crippen LogP contribution in [0.4, 0.5) is 0 Å². The van der Waals surface area contributed by atoms with Crippen LogP contribution in [0.3, 0.4) is 0 Å². The normalized spacial score (nSPS) is 12.5. The van der Waals surface area contributed by atoms with Gasteiger partial charge in [-0.25, -0.2) is 0 Å². The molecule has 0 aliphatic carbocycles. The minimum Gasteiger partial charge on any atom is -0.385 e. The third-order valence-corrected chi connectivity index (χ3v) is 3.62. The van der Waals surface area contributed by atoms with Crippen molar-refractivity contribution < 1.29 is 9.53 Å². The second kappa shape index (κ2) is 8.80. The van der Waals surface area contributed by atoms with Gasteiger partial charge in [0, 0.05) is 27.3 Å². The lowest BCUT2D eigenvalue weighted by molar-refractivity contribution is -0.132. The molecule has 0 aromatic heterocycles. The summed E-state index contributed by atoms with van der Waals surface area (Å²) in [6, 6.07) is 7.96. The number of nitrogens with zero attached hydrogens (tertiary/aromatic N) is 1. The van der Waals surface area contributed by atoms with E-state index in [1.54, 1.807) is 19.1 Å². The van der Waals surface area contributed by atoms with Gasteiger partial charge in [0.05, 0.1) is 6.04 Å². The van der Waals surface area contributed by atoms with Crippen molar-refractivity contribution in [2.75, 3.05) is 20.8 Å². The number of rotatable bonds is 8. The summed E-state index contributed by atoms with van der Waals surface area (Å²) in [5.41, 5.74) is 8.36. The van der Waals surface area contributed by atoms with E-state index >= 15 is 0 Å². The molecule has 0 bridgehead atoms. The van der Waals surface area contributed by atoms with Crippen molar-refractivity contribution in [2.45, 2.75) is 45.2 Å². The minimum atomic E-state index is -0.444. The first-order valence-corrected chi connectivity index (χ1v) is 7.54. The average Bonchev–Trinajstić information content (AvgIpc) is 2.47. The number of amides is 1. The van der Waals surface area contributed by atoms with E-state index in [2.05, 4.69) is 38.1 Å². The van der Waals surface area contributed by atoms with Crippen molar-refractivity contribution >= 4 is 5.91 Å². The Balaban J connectivity index is 2.51. The van der Waals surface area contributed by atoms with Gasteiger partial charge < -0.3 is 15.4 Å². The molecule has 4 heteroatoms. The first-order chi connectivity index (χ1) is 9.95. The fourth-order valence-corrected chi connectivity index (χ4v) is 2.21. The van der Waals surface area contributed by atoms with Crippen LogP contribution in [0.1, 0.15) is 43.7 Å². The van der Waals surface area contributed by atoms with E-state index in [9.17, 15) is 4.79 Å². The maximum Gasteiger partial charge on any atom is 0.239 e. The highest BCUT2D eigenvalue weighted by Gasteiger charge is 2.17. The molecule has 0 aliphatic rings. The molecule has 0 saturated heterocycles. The number of ether oxygens (including phenoxy) is 1. The van der Waals surface area contributed by atoms with Crippen molar-refractivity contribution in [3.63, 3.8) is 0 Å². The summed E-state index contributed by atoms with van der Waals surface area (Å²) in [7, 11) is 3.45. The van der Waals surface area contributed by atoms with Gasteiger partial charge in [0.1, 0.15) is 0 Å². The highest BCUT2D eigenvalue weighted by Crippen LogP contribution is 2.15. The van der Waals surface area contributed by atoms with Gasteiger partial charge in [0.2, 0.25) is 5.91 Å². The quantitative estimate of drug-likeness (QED) is 0.749. The van der Waals surface area contributed by atoms with Crippen LogP contribution in [0.5, 0.6) is 0 Å². The zero-order valence-corrected chi connectivity index (χ0v) is 13.6. The molecule has 1 rings (SSSR count). The summed E-state index contributed by atoms with van der Waals surface area (Å²) in [6.45, 7) is 5.57. The van der Waals surface area contributed by atoms with E-state index in [0.29, 0.717) is 25.5 Å². The third-order valence-electron chi connectivity index (χ3n) is 3.62. The summed E-state index contributed by atoms with van der Waals surface area (Å²) in [5.74, 6) is 0.506. The highest BCUT2D eigenvalue weighted by atomic mass is 16.5. The molecule has 1 unspecified atom stereocenters. The Morgan fingerprint density at radius 3 is 2.43 bits per heavy atom. The van der Waals surface area contributed by atoms with Crippen LogP contribution in [0.25, 0.3) is 0 Å². The molecule has 0 fully saturated rings. The number of carbonyl (C=O) groups is 1. The lowest BCUT2D eigenvalue weighted by Gasteiger charge is -2.21. The fourth-order valence-electron chi connectivity index (χ4n) is 2.21. The van der Waals surface area contributed by atoms with E-state index in [-0.39, 0.29) is 5.91 Å². The van der Waals surface area contributed by atoms with Crippen LogP contribution >= 0.6 is 0 Å². The number of methoxy groups -OCH3 is 1. The Kier molecular flexibility index (Phi) is 7.40. The molecule has 0 radical (unpaired) electrons. The summed E-state index contributed by atoms with van der Waals surface area (Å²) >= 11 is 0. The first kappa shape index (κ1) is 17.7. The molecule has 1 atom stereocenters. The van der Waals surface area contributed by atoms with Crippen LogP contribution in [0.15, 0.2) is 24.3 Å². The summed E-state index contributed by atoms with van der Waals surface area (Å²) in [4.78, 5) is 13.9. The number of carbonyl (C=O) groups excluding carboxylic acids is 1. The topological polar surface area (TPSA) is 55.6 Å². The minimum absolute atomic E-state index is 0.0148. The number of nitrogens with two attached hydrogens (primary N) is 1. The Morgan fingerprint density at radius 1 is 1.29 bits per heavy atom. The zero-order chi connectivity index (χ0) is 15.8. The summed E-state index contributed by atoms with van der Waals surface area (Å²) in [5, 5.41) is 0. The van der Waals surface area contributed by atoms with E-state index in [0.717, 1.165) is 12.0 Å². The number of benzene rings is 1. The molecule has 0 spiro atoms. The Hall–Kier alpha value is -1.39. The lowest BCUT2D eigenvalue weighted by Crippen LogP contribution is -2.41. The molecule has 1 aromatic rings. The first-order valence-electron chi connectivity index (χ1n) is 7.54. The van der Waals surface area contributed by atoms with Crippen molar-refractivity contribution in [3.8, 4) is 0 Å². The van der Waals surface area contributed by atoms with Crippen LogP contribution < -0.4 is 5.73 Å². The molecule has 4 nitrogen and oxygen atoms in total. The standard InChI is InChI=1S/C17H28N2O2/c1-13(2)15-9-7-14(8-10-15)12-19(3)17(20)16(18)6-5-11-21-4/h7-10,13,16H,5-6,11-12,18H2,1-4H3. The fraction of sp³-hybridized carbons (Fsp3) is 0.588. The van der Waals surface area contributed by atoms with Gasteiger partial charge in [-0.2, -0.15) is 0 Å². The maximum atomic E-state index is 12.2. The zero-order valence-electron chi connectivity index (χ0n) is 13.6. The van der Waals surface area contributed by atoms with Crippen molar-refractivity contribution in [2.24, 2.45) is 5.73 Å². The second-order valence-electron chi connectivity index (χ2n) is 5.83. The van der Waals surface area contributed by atoms with Gasteiger partial charge in [-0.05, 0) is 29.9 Å². The molecule has 1 amide bonds. The molecular weight excluding hydrogens is 264 g/mol. The lowest BCUT2D eigenvalue weighted by atomic mass is 10.0. The van der Waals surface area contributed by atoms with Gasteiger partial charge >= 0.3 is 0 Å². The molecule has 0 saturated carbocycles. The molecule has 118 valence electrons. The van der Waals surface area contributed by atoms with Crippen LogP contribution in [-0.2, 0) is 16.1 Å². The van der Waals surface area contributed by atoms with Crippen LogP contribution in [-0.4, -0.2) is 37.6 Å². The largest absolute Gasteiger partial charge is 0.385 e. The number of hydrogen-bond donors (Lipinski definition) is 1. The smallest absolute Gasteiger partial charge is 0.239 e. The second-order valence-corrected chi connectivity index (χ2v) is 5.83. The SMILES string of the molecule is COCCCC(N)C(=O)N(C)Cc1ccc(C(C)C)cc1. The van der Waals surface area contributed by atoms with Gasteiger partial charge in [0.25, 0.3) is 0 Å². The van der Waals surface area contributed by atoms with Crippen molar-refractivity contribution in [1.82, 2.24) is 4.90 Å².